The van der Waals surface area contributed by atoms with Crippen LogP contribution in [0.4, 0.5) is 0 Å². The van der Waals surface area contributed by atoms with Crippen LogP contribution in [0.3, 0.4) is 0 Å². The number of aliphatic hydroxyl groups excluding tert-OH is 1. The molecule has 0 saturated carbocycles. The summed E-state index contributed by atoms with van der Waals surface area (Å²) in [6.07, 6.45) is 48.4. The summed E-state index contributed by atoms with van der Waals surface area (Å²) in [6.45, 7) is 11.9. The lowest BCUT2D eigenvalue weighted by atomic mass is 9.99. The second-order valence-corrected chi connectivity index (χ2v) is 30.2. The van der Waals surface area contributed by atoms with Crippen LogP contribution in [0.15, 0.2) is 0 Å². The topological polar surface area (TPSA) is 237 Å². The third-order valence-corrected chi connectivity index (χ3v) is 19.5. The highest BCUT2D eigenvalue weighted by molar-refractivity contribution is 7.47. The molecule has 0 aromatic rings. The fourth-order valence-corrected chi connectivity index (χ4v) is 12.6. The number of carbonyl (C=O) groups is 4. The van der Waals surface area contributed by atoms with E-state index >= 15 is 0 Å². The van der Waals surface area contributed by atoms with Crippen molar-refractivity contribution in [1.29, 1.82) is 0 Å². The maximum Gasteiger partial charge on any atom is 0.472 e. The van der Waals surface area contributed by atoms with Gasteiger partial charge in [0.1, 0.15) is 19.3 Å². The van der Waals surface area contributed by atoms with Gasteiger partial charge in [-0.15, -0.1) is 0 Å². The molecule has 0 aliphatic rings. The van der Waals surface area contributed by atoms with E-state index in [1.54, 1.807) is 0 Å². The smallest absolute Gasteiger partial charge is 0.462 e. The molecule has 0 bridgehead atoms. The zero-order valence-electron chi connectivity index (χ0n) is 60.0. The van der Waals surface area contributed by atoms with Crippen LogP contribution in [0.25, 0.3) is 0 Å². The van der Waals surface area contributed by atoms with Crippen LogP contribution in [-0.2, 0) is 65.4 Å². The molecule has 0 aromatic carbocycles. The number of unbranched alkanes of at least 4 members (excludes halogenated alkanes) is 37. The average Bonchev–Trinajstić information content (AvgIpc) is 1.55. The molecule has 19 heteroatoms. The number of carbonyl (C=O) groups excluding carboxylic acids is 4. The Kier molecular flexibility index (Phi) is 62.4. The predicted octanol–water partition coefficient (Wildman–Crippen LogP) is 21.0. The van der Waals surface area contributed by atoms with Gasteiger partial charge in [0.25, 0.3) is 0 Å². The van der Waals surface area contributed by atoms with Crippen molar-refractivity contribution >= 4 is 39.5 Å². The van der Waals surface area contributed by atoms with Gasteiger partial charge < -0.3 is 33.8 Å². The van der Waals surface area contributed by atoms with Gasteiger partial charge in [-0.1, -0.05) is 318 Å². The third kappa shape index (κ3) is 64.1. The number of phosphoric acid groups is 2. The minimum atomic E-state index is -4.95. The number of hydrogen-bond donors (Lipinski definition) is 3. The van der Waals surface area contributed by atoms with Gasteiger partial charge in [0.2, 0.25) is 0 Å². The highest BCUT2D eigenvalue weighted by Gasteiger charge is 2.30. The average molecular weight is 1350 g/mol. The summed E-state index contributed by atoms with van der Waals surface area (Å²) in [6, 6.07) is 0. The molecule has 0 aliphatic carbocycles. The molecule has 0 radical (unpaired) electrons. The molecule has 0 fully saturated rings. The van der Waals surface area contributed by atoms with Crippen LogP contribution in [0.1, 0.15) is 370 Å². The van der Waals surface area contributed by atoms with Gasteiger partial charge in [0.05, 0.1) is 26.4 Å². The number of phosphoric ester groups is 2. The first-order valence-electron chi connectivity index (χ1n) is 37.9. The number of ether oxygens (including phenoxy) is 4. The van der Waals surface area contributed by atoms with E-state index in [9.17, 15) is 43.2 Å². The molecule has 17 nitrogen and oxygen atoms in total. The molecule has 546 valence electrons. The first-order valence-corrected chi connectivity index (χ1v) is 40.9. The SMILES string of the molecule is CCCCCCCCCCCCCC(=O)OC[C@H](COP(=O)(O)OC[C@H](O)COP(=O)(O)OC[C@@H](COC(=O)CCCCCCCCCCC(C)CC)OC(=O)CCCCCCCCCCCCCCCCC(C)C)OC(=O)CCCCCCCCCCC(C)CC. The normalized spacial score (nSPS) is 14.7. The van der Waals surface area contributed by atoms with Crippen LogP contribution < -0.4 is 0 Å². The number of rotatable bonds is 71. The lowest BCUT2D eigenvalue weighted by Crippen LogP contribution is -2.30. The van der Waals surface area contributed by atoms with Crippen LogP contribution in [0.2, 0.25) is 0 Å². The summed E-state index contributed by atoms with van der Waals surface area (Å²) < 4.78 is 68.4. The number of aliphatic hydroxyl groups is 1. The molecule has 92 heavy (non-hydrogen) atoms. The van der Waals surface area contributed by atoms with E-state index in [-0.39, 0.29) is 25.7 Å². The van der Waals surface area contributed by atoms with Crippen molar-refractivity contribution in [3.8, 4) is 0 Å². The third-order valence-electron chi connectivity index (χ3n) is 17.6. The second kappa shape index (κ2) is 63.8. The van der Waals surface area contributed by atoms with Crippen molar-refractivity contribution in [3.63, 3.8) is 0 Å². The second-order valence-electron chi connectivity index (χ2n) is 27.3. The van der Waals surface area contributed by atoms with E-state index in [1.807, 2.05) is 0 Å². The molecular weight excluding hydrogens is 1210 g/mol. The van der Waals surface area contributed by atoms with Crippen LogP contribution >= 0.6 is 15.6 Å². The maximum absolute atomic E-state index is 13.1. The number of esters is 4. The Labute approximate surface area is 562 Å². The lowest BCUT2D eigenvalue weighted by molar-refractivity contribution is -0.161. The monoisotopic (exact) mass is 1350 g/mol. The Bertz CT molecular complexity index is 1810. The fourth-order valence-electron chi connectivity index (χ4n) is 11.0. The number of hydrogen-bond acceptors (Lipinski definition) is 15. The van der Waals surface area contributed by atoms with Crippen LogP contribution in [0.5, 0.6) is 0 Å². The van der Waals surface area contributed by atoms with Crippen molar-refractivity contribution in [1.82, 2.24) is 0 Å². The van der Waals surface area contributed by atoms with Crippen LogP contribution in [0, 0.1) is 17.8 Å². The standard InChI is InChI=1S/C73H142O17P2/c1-8-11-12-13-14-15-20-24-33-40-47-54-70(75)83-60-69(90-73(78)57-50-43-36-29-27-32-39-46-53-66(7)10-3)63-88-92(81,82)86-59-67(74)58-85-91(79,80)87-62-68(61-84-71(76)55-48-41-34-28-26-31-38-45-52-65(6)9-2)89-72(77)56-49-42-35-25-22-19-17-16-18-21-23-30-37-44-51-64(4)5/h64-69,74H,8-63H2,1-7H3,(H,79,80)(H,81,82)/t65?,66?,67-,68-,69-/m1/s1. The maximum atomic E-state index is 13.1. The van der Waals surface area contributed by atoms with Gasteiger partial charge in [-0.05, 0) is 43.4 Å². The summed E-state index contributed by atoms with van der Waals surface area (Å²) in [7, 11) is -9.91. The largest absolute Gasteiger partial charge is 0.472 e. The molecular formula is C73H142O17P2. The Balaban J connectivity index is 5.26. The van der Waals surface area contributed by atoms with Crippen molar-refractivity contribution in [3.05, 3.63) is 0 Å². The lowest BCUT2D eigenvalue weighted by Gasteiger charge is -2.21. The Morgan fingerprint density at radius 2 is 0.554 bits per heavy atom. The highest BCUT2D eigenvalue weighted by Crippen LogP contribution is 2.45. The molecule has 0 heterocycles. The van der Waals surface area contributed by atoms with Crippen molar-refractivity contribution in [2.75, 3.05) is 39.6 Å². The Morgan fingerprint density at radius 1 is 0.315 bits per heavy atom. The van der Waals surface area contributed by atoms with E-state index in [1.165, 1.54) is 180 Å². The van der Waals surface area contributed by atoms with Crippen molar-refractivity contribution < 1.29 is 80.2 Å². The summed E-state index contributed by atoms with van der Waals surface area (Å²) in [5, 5.41) is 10.6. The molecule has 0 saturated heterocycles. The van der Waals surface area contributed by atoms with Gasteiger partial charge >= 0.3 is 39.5 Å². The molecule has 3 N–H and O–H groups in total. The fraction of sp³-hybridized carbons (Fsp3) is 0.945. The summed E-state index contributed by atoms with van der Waals surface area (Å²) in [5.74, 6) is 0.220. The Hall–Kier alpha value is -1.94. The molecule has 4 unspecified atom stereocenters. The van der Waals surface area contributed by atoms with Crippen molar-refractivity contribution in [2.24, 2.45) is 17.8 Å². The van der Waals surface area contributed by atoms with Gasteiger partial charge in [-0.25, -0.2) is 9.13 Å². The Morgan fingerprint density at radius 3 is 0.826 bits per heavy atom. The highest BCUT2D eigenvalue weighted by atomic mass is 31.2. The first-order chi connectivity index (χ1) is 44.3. The molecule has 0 rings (SSSR count). The molecule has 0 aliphatic heterocycles. The molecule has 7 atom stereocenters. The summed E-state index contributed by atoms with van der Waals surface area (Å²) in [4.78, 5) is 72.7. The van der Waals surface area contributed by atoms with Crippen LogP contribution in [-0.4, -0.2) is 96.7 Å². The zero-order chi connectivity index (χ0) is 68.0. The van der Waals surface area contributed by atoms with Gasteiger partial charge in [-0.3, -0.25) is 37.3 Å². The summed E-state index contributed by atoms with van der Waals surface area (Å²) in [5.41, 5.74) is 0. The van der Waals surface area contributed by atoms with Gasteiger partial charge in [0, 0.05) is 25.7 Å². The van der Waals surface area contributed by atoms with E-state index in [4.69, 9.17) is 37.0 Å². The zero-order valence-corrected chi connectivity index (χ0v) is 61.8. The molecule has 0 spiro atoms. The van der Waals surface area contributed by atoms with Gasteiger partial charge in [0.15, 0.2) is 12.2 Å². The van der Waals surface area contributed by atoms with Gasteiger partial charge in [-0.2, -0.15) is 0 Å². The minimum Gasteiger partial charge on any atom is -0.462 e. The van der Waals surface area contributed by atoms with Crippen molar-refractivity contribution in [2.45, 2.75) is 388 Å². The first kappa shape index (κ1) is 90.1. The van der Waals surface area contributed by atoms with E-state index in [0.29, 0.717) is 25.7 Å². The predicted molar refractivity (Wildman–Crippen MR) is 372 cm³/mol. The molecule has 0 amide bonds. The van der Waals surface area contributed by atoms with E-state index in [2.05, 4.69) is 48.5 Å². The molecule has 0 aromatic heterocycles. The minimum absolute atomic E-state index is 0.105. The summed E-state index contributed by atoms with van der Waals surface area (Å²) >= 11 is 0. The van der Waals surface area contributed by atoms with E-state index in [0.717, 1.165) is 108 Å². The quantitative estimate of drug-likeness (QED) is 0.0222. The van der Waals surface area contributed by atoms with E-state index < -0.39 is 97.5 Å².